The average molecular weight is 254 g/mol. The first-order chi connectivity index (χ1) is 8.11. The maximum Gasteiger partial charge on any atom is 0.197 e. The first-order valence-corrected chi connectivity index (χ1v) is 5.52. The zero-order valence-corrected chi connectivity index (χ0v) is 9.93. The Morgan fingerprint density at radius 3 is 3.00 bits per heavy atom. The SMILES string of the molecule is CC(O)C1=NC(C=O)N(c2cccc(Cl)c2)N1. The van der Waals surface area contributed by atoms with Gasteiger partial charge in [-0.3, -0.25) is 15.2 Å². The van der Waals surface area contributed by atoms with Gasteiger partial charge in [-0.25, -0.2) is 4.99 Å². The van der Waals surface area contributed by atoms with Crippen molar-refractivity contribution in [3.8, 4) is 0 Å². The zero-order valence-electron chi connectivity index (χ0n) is 9.17. The summed E-state index contributed by atoms with van der Waals surface area (Å²) in [4.78, 5) is 15.0. The summed E-state index contributed by atoms with van der Waals surface area (Å²) in [5.41, 5.74) is 3.60. The number of hydrogen-bond donors (Lipinski definition) is 2. The summed E-state index contributed by atoms with van der Waals surface area (Å²) in [6.45, 7) is 1.58. The summed E-state index contributed by atoms with van der Waals surface area (Å²) in [6, 6.07) is 7.04. The number of anilines is 1. The average Bonchev–Trinajstić information content (AvgIpc) is 2.73. The Bertz CT molecular complexity index is 462. The molecule has 0 fully saturated rings. The molecule has 2 N–H and O–H groups in total. The Morgan fingerprint density at radius 2 is 2.41 bits per heavy atom. The van der Waals surface area contributed by atoms with E-state index in [0.29, 0.717) is 22.8 Å². The fraction of sp³-hybridized carbons (Fsp3) is 0.273. The van der Waals surface area contributed by atoms with Crippen LogP contribution in [0, 0.1) is 0 Å². The molecule has 5 nitrogen and oxygen atoms in total. The van der Waals surface area contributed by atoms with Crippen molar-refractivity contribution in [3.05, 3.63) is 29.3 Å². The highest BCUT2D eigenvalue weighted by molar-refractivity contribution is 6.30. The molecular weight excluding hydrogens is 242 g/mol. The summed E-state index contributed by atoms with van der Waals surface area (Å²) in [5.74, 6) is 0.363. The molecule has 17 heavy (non-hydrogen) atoms. The molecule has 1 aliphatic rings. The van der Waals surface area contributed by atoms with Crippen molar-refractivity contribution in [1.82, 2.24) is 5.43 Å². The topological polar surface area (TPSA) is 64.9 Å². The van der Waals surface area contributed by atoms with Crippen molar-refractivity contribution < 1.29 is 9.90 Å². The molecule has 0 saturated heterocycles. The number of rotatable bonds is 3. The second-order valence-electron chi connectivity index (χ2n) is 3.70. The van der Waals surface area contributed by atoms with Gasteiger partial charge in [0.25, 0.3) is 0 Å². The zero-order chi connectivity index (χ0) is 12.4. The number of hydrogen-bond acceptors (Lipinski definition) is 5. The quantitative estimate of drug-likeness (QED) is 0.788. The van der Waals surface area contributed by atoms with E-state index in [1.165, 1.54) is 0 Å². The van der Waals surface area contributed by atoms with Gasteiger partial charge in [0.05, 0.1) is 5.69 Å². The molecule has 1 aliphatic heterocycles. The van der Waals surface area contributed by atoms with Crippen LogP contribution in [0.1, 0.15) is 6.92 Å². The summed E-state index contributed by atoms with van der Waals surface area (Å²) in [5, 5.41) is 11.5. The van der Waals surface area contributed by atoms with Crippen molar-refractivity contribution in [3.63, 3.8) is 0 Å². The van der Waals surface area contributed by atoms with E-state index in [1.54, 1.807) is 36.2 Å². The number of carbonyl (C=O) groups excluding carboxylic acids is 1. The van der Waals surface area contributed by atoms with E-state index in [9.17, 15) is 9.90 Å². The minimum atomic E-state index is -0.748. The van der Waals surface area contributed by atoms with Gasteiger partial charge in [-0.15, -0.1) is 0 Å². The Hall–Kier alpha value is -1.59. The van der Waals surface area contributed by atoms with E-state index in [0.717, 1.165) is 0 Å². The van der Waals surface area contributed by atoms with E-state index in [4.69, 9.17) is 11.6 Å². The number of benzene rings is 1. The van der Waals surface area contributed by atoms with Crippen LogP contribution >= 0.6 is 11.6 Å². The molecule has 90 valence electrons. The second-order valence-corrected chi connectivity index (χ2v) is 4.14. The van der Waals surface area contributed by atoms with Gasteiger partial charge < -0.3 is 5.11 Å². The van der Waals surface area contributed by atoms with Crippen molar-refractivity contribution >= 4 is 29.4 Å². The van der Waals surface area contributed by atoms with Crippen LogP contribution < -0.4 is 10.4 Å². The Labute approximate surface area is 104 Å². The molecule has 0 spiro atoms. The number of nitrogens with zero attached hydrogens (tertiary/aromatic N) is 2. The molecule has 2 rings (SSSR count). The van der Waals surface area contributed by atoms with E-state index in [-0.39, 0.29) is 0 Å². The molecule has 0 aromatic heterocycles. The molecular formula is C11H12ClN3O2. The monoisotopic (exact) mass is 253 g/mol. The molecule has 2 unspecified atom stereocenters. The van der Waals surface area contributed by atoms with Crippen LogP contribution in [-0.4, -0.2) is 29.5 Å². The van der Waals surface area contributed by atoms with Crippen LogP contribution in [0.25, 0.3) is 0 Å². The molecule has 1 aromatic carbocycles. The number of halogens is 1. The van der Waals surface area contributed by atoms with Crippen LogP contribution in [0.5, 0.6) is 0 Å². The van der Waals surface area contributed by atoms with E-state index in [1.807, 2.05) is 0 Å². The van der Waals surface area contributed by atoms with Crippen LogP contribution in [0.2, 0.25) is 5.02 Å². The lowest BCUT2D eigenvalue weighted by Crippen LogP contribution is -2.44. The van der Waals surface area contributed by atoms with Crippen molar-refractivity contribution in [2.24, 2.45) is 4.99 Å². The summed E-state index contributed by atoms with van der Waals surface area (Å²) >= 11 is 5.88. The lowest BCUT2D eigenvalue weighted by molar-refractivity contribution is -0.108. The number of aliphatic imine (C=N–C) groups is 1. The molecule has 0 saturated carbocycles. The molecule has 0 bridgehead atoms. The fourth-order valence-corrected chi connectivity index (χ4v) is 1.74. The molecule has 1 heterocycles. The van der Waals surface area contributed by atoms with Crippen molar-refractivity contribution in [2.75, 3.05) is 5.01 Å². The molecule has 0 aliphatic carbocycles. The van der Waals surface area contributed by atoms with Crippen LogP contribution in [0.3, 0.4) is 0 Å². The number of aldehydes is 1. The minimum absolute atomic E-state index is 0.363. The fourth-order valence-electron chi connectivity index (χ4n) is 1.55. The van der Waals surface area contributed by atoms with Crippen molar-refractivity contribution in [1.29, 1.82) is 0 Å². The third-order valence-electron chi connectivity index (χ3n) is 2.37. The highest BCUT2D eigenvalue weighted by Gasteiger charge is 2.27. The number of carbonyl (C=O) groups is 1. The van der Waals surface area contributed by atoms with Crippen LogP contribution in [0.15, 0.2) is 29.3 Å². The van der Waals surface area contributed by atoms with E-state index >= 15 is 0 Å². The highest BCUT2D eigenvalue weighted by Crippen LogP contribution is 2.22. The van der Waals surface area contributed by atoms with Gasteiger partial charge in [-0.1, -0.05) is 17.7 Å². The summed E-state index contributed by atoms with van der Waals surface area (Å²) in [6.07, 6.45) is -0.733. The number of hydrazine groups is 1. The molecule has 0 amide bonds. The van der Waals surface area contributed by atoms with Gasteiger partial charge >= 0.3 is 0 Å². The standard InChI is InChI=1S/C11H12ClN3O2/c1-7(17)11-13-10(6-16)15(14-11)9-4-2-3-8(12)5-9/h2-7,10,17H,1H3,(H,13,14). The number of nitrogens with one attached hydrogen (secondary N) is 1. The minimum Gasteiger partial charge on any atom is -0.385 e. The third kappa shape index (κ3) is 2.40. The number of aliphatic hydroxyl groups is 1. The maximum atomic E-state index is 10.9. The Balaban J connectivity index is 2.26. The second kappa shape index (κ2) is 4.73. The molecule has 0 radical (unpaired) electrons. The Morgan fingerprint density at radius 1 is 1.65 bits per heavy atom. The third-order valence-corrected chi connectivity index (χ3v) is 2.61. The van der Waals surface area contributed by atoms with Gasteiger partial charge in [0.1, 0.15) is 11.9 Å². The van der Waals surface area contributed by atoms with E-state index in [2.05, 4.69) is 10.4 Å². The molecule has 2 atom stereocenters. The van der Waals surface area contributed by atoms with Gasteiger partial charge in [-0.05, 0) is 25.1 Å². The largest absolute Gasteiger partial charge is 0.385 e. The summed E-state index contributed by atoms with van der Waals surface area (Å²) in [7, 11) is 0. The number of amidine groups is 1. The molecule has 6 heteroatoms. The first-order valence-electron chi connectivity index (χ1n) is 5.14. The van der Waals surface area contributed by atoms with Gasteiger partial charge in [0, 0.05) is 5.02 Å². The highest BCUT2D eigenvalue weighted by atomic mass is 35.5. The normalized spacial score (nSPS) is 20.8. The van der Waals surface area contributed by atoms with Gasteiger partial charge in [0.15, 0.2) is 12.5 Å². The number of aliphatic hydroxyl groups excluding tert-OH is 1. The lowest BCUT2D eigenvalue weighted by atomic mass is 10.3. The van der Waals surface area contributed by atoms with Gasteiger partial charge in [-0.2, -0.15) is 0 Å². The van der Waals surface area contributed by atoms with Crippen LogP contribution in [-0.2, 0) is 4.79 Å². The van der Waals surface area contributed by atoms with Crippen molar-refractivity contribution in [2.45, 2.75) is 19.2 Å². The predicted molar refractivity (Wildman–Crippen MR) is 66.0 cm³/mol. The van der Waals surface area contributed by atoms with Crippen LogP contribution in [0.4, 0.5) is 5.69 Å². The summed E-state index contributed by atoms with van der Waals surface area (Å²) < 4.78 is 0. The lowest BCUT2D eigenvalue weighted by Gasteiger charge is -2.22. The Kier molecular flexibility index (Phi) is 3.31. The maximum absolute atomic E-state index is 10.9. The smallest absolute Gasteiger partial charge is 0.197 e. The predicted octanol–water partition coefficient (Wildman–Crippen LogP) is 0.969. The van der Waals surface area contributed by atoms with E-state index < -0.39 is 12.3 Å². The first kappa shape index (κ1) is 11.9. The van der Waals surface area contributed by atoms with Gasteiger partial charge in [0.2, 0.25) is 0 Å². The molecule has 1 aromatic rings.